The van der Waals surface area contributed by atoms with Gasteiger partial charge in [-0.15, -0.1) is 0 Å². The van der Waals surface area contributed by atoms with Crippen molar-refractivity contribution in [2.75, 3.05) is 0 Å². The van der Waals surface area contributed by atoms with Crippen LogP contribution >= 0.6 is 0 Å². The van der Waals surface area contributed by atoms with E-state index in [0.717, 1.165) is 0 Å². The van der Waals surface area contributed by atoms with E-state index < -0.39 is 23.9 Å². The number of carboxylic acids is 2. The smallest absolute Gasteiger partial charge is 0.326 e. The van der Waals surface area contributed by atoms with Crippen LogP contribution in [0, 0.1) is 11.3 Å². The standard InChI is InChI=1S/C13H12N2O5/c14-7-8-1-3-9(4-2-8)12(18)15-10(13(19)20)5-6-11(16)17/h1-4,10H,5-6H2,(H,15,18)(H,16,17)(H,19,20)/t10-/m0/s1. The van der Waals surface area contributed by atoms with Gasteiger partial charge in [0, 0.05) is 12.0 Å². The summed E-state index contributed by atoms with van der Waals surface area (Å²) in [4.78, 5) is 33.1. The molecule has 1 amide bonds. The third-order valence-corrected chi connectivity index (χ3v) is 2.53. The van der Waals surface area contributed by atoms with Gasteiger partial charge in [-0.25, -0.2) is 4.79 Å². The molecule has 0 fully saturated rings. The molecule has 0 bridgehead atoms. The maximum Gasteiger partial charge on any atom is 0.326 e. The van der Waals surface area contributed by atoms with E-state index in [4.69, 9.17) is 15.5 Å². The molecular weight excluding hydrogens is 264 g/mol. The van der Waals surface area contributed by atoms with Crippen LogP contribution in [0.5, 0.6) is 0 Å². The molecule has 0 heterocycles. The lowest BCUT2D eigenvalue weighted by Crippen LogP contribution is -2.41. The number of amides is 1. The van der Waals surface area contributed by atoms with Gasteiger partial charge in [-0.1, -0.05) is 0 Å². The summed E-state index contributed by atoms with van der Waals surface area (Å²) in [6.07, 6.45) is -0.558. The Morgan fingerprint density at radius 1 is 1.20 bits per heavy atom. The van der Waals surface area contributed by atoms with E-state index in [9.17, 15) is 14.4 Å². The molecular formula is C13H12N2O5. The molecule has 0 aromatic heterocycles. The largest absolute Gasteiger partial charge is 0.481 e. The minimum absolute atomic E-state index is 0.200. The number of nitrogens with zero attached hydrogens (tertiary/aromatic N) is 1. The van der Waals surface area contributed by atoms with E-state index in [0.29, 0.717) is 5.56 Å². The topological polar surface area (TPSA) is 127 Å². The van der Waals surface area contributed by atoms with Crippen LogP contribution in [0.2, 0.25) is 0 Å². The van der Waals surface area contributed by atoms with Gasteiger partial charge >= 0.3 is 11.9 Å². The highest BCUT2D eigenvalue weighted by atomic mass is 16.4. The highest BCUT2D eigenvalue weighted by Gasteiger charge is 2.21. The Kier molecular flexibility index (Phi) is 5.23. The lowest BCUT2D eigenvalue weighted by Gasteiger charge is -2.13. The van der Waals surface area contributed by atoms with Crippen LogP contribution in [0.4, 0.5) is 0 Å². The van der Waals surface area contributed by atoms with Gasteiger partial charge < -0.3 is 15.5 Å². The molecule has 20 heavy (non-hydrogen) atoms. The van der Waals surface area contributed by atoms with Crippen molar-refractivity contribution in [2.45, 2.75) is 18.9 Å². The molecule has 1 atom stereocenters. The Balaban J connectivity index is 2.72. The summed E-state index contributed by atoms with van der Waals surface area (Å²) in [5.41, 5.74) is 0.577. The second-order valence-corrected chi connectivity index (χ2v) is 3.99. The number of carbonyl (C=O) groups excluding carboxylic acids is 1. The van der Waals surface area contributed by atoms with Crippen molar-refractivity contribution in [1.82, 2.24) is 5.32 Å². The maximum atomic E-state index is 11.8. The van der Waals surface area contributed by atoms with Crippen LogP contribution in [0.15, 0.2) is 24.3 Å². The quantitative estimate of drug-likeness (QED) is 0.698. The van der Waals surface area contributed by atoms with Crippen molar-refractivity contribution in [3.8, 4) is 6.07 Å². The van der Waals surface area contributed by atoms with Crippen molar-refractivity contribution in [3.63, 3.8) is 0 Å². The molecule has 0 unspecified atom stereocenters. The summed E-state index contributed by atoms with van der Waals surface area (Å²) in [6.45, 7) is 0. The number of hydrogen-bond acceptors (Lipinski definition) is 4. The van der Waals surface area contributed by atoms with Crippen LogP contribution in [0.3, 0.4) is 0 Å². The van der Waals surface area contributed by atoms with E-state index in [1.165, 1.54) is 24.3 Å². The van der Waals surface area contributed by atoms with E-state index >= 15 is 0 Å². The Hall–Kier alpha value is -2.88. The summed E-state index contributed by atoms with van der Waals surface area (Å²) in [7, 11) is 0. The molecule has 0 spiro atoms. The van der Waals surface area contributed by atoms with Gasteiger partial charge in [-0.05, 0) is 30.7 Å². The fourth-order valence-electron chi connectivity index (χ4n) is 1.46. The molecule has 0 saturated carbocycles. The molecule has 0 radical (unpaired) electrons. The lowest BCUT2D eigenvalue weighted by molar-refractivity contribution is -0.140. The average molecular weight is 276 g/mol. The van der Waals surface area contributed by atoms with Crippen LogP contribution < -0.4 is 5.32 Å². The first kappa shape index (κ1) is 15.2. The van der Waals surface area contributed by atoms with Crippen LogP contribution in [0.25, 0.3) is 0 Å². The third kappa shape index (κ3) is 4.42. The number of benzene rings is 1. The predicted octanol–water partition coefficient (Wildman–Crippen LogP) is 0.606. The number of aliphatic carboxylic acids is 2. The SMILES string of the molecule is N#Cc1ccc(C(=O)N[C@@H](CCC(=O)O)C(=O)O)cc1. The Morgan fingerprint density at radius 2 is 1.80 bits per heavy atom. The molecule has 0 saturated heterocycles. The number of hydrogen-bond donors (Lipinski definition) is 3. The number of nitrogens with one attached hydrogen (secondary N) is 1. The fraction of sp³-hybridized carbons (Fsp3) is 0.231. The van der Waals surface area contributed by atoms with Gasteiger partial charge in [-0.3, -0.25) is 9.59 Å². The summed E-state index contributed by atoms with van der Waals surface area (Å²) in [6, 6.07) is 6.28. The molecule has 1 aromatic carbocycles. The molecule has 0 aliphatic carbocycles. The second kappa shape index (κ2) is 6.89. The summed E-state index contributed by atoms with van der Waals surface area (Å²) >= 11 is 0. The van der Waals surface area contributed by atoms with Crippen LogP contribution in [-0.2, 0) is 9.59 Å². The second-order valence-electron chi connectivity index (χ2n) is 3.99. The maximum absolute atomic E-state index is 11.8. The van der Waals surface area contributed by atoms with Gasteiger partial charge in [0.15, 0.2) is 0 Å². The Morgan fingerprint density at radius 3 is 2.25 bits per heavy atom. The Labute approximate surface area is 114 Å². The van der Waals surface area contributed by atoms with Crippen molar-refractivity contribution in [3.05, 3.63) is 35.4 Å². The van der Waals surface area contributed by atoms with E-state index in [1.807, 2.05) is 6.07 Å². The average Bonchev–Trinajstić information content (AvgIpc) is 2.42. The third-order valence-electron chi connectivity index (χ3n) is 2.53. The first-order valence-corrected chi connectivity index (χ1v) is 5.69. The minimum atomic E-state index is -1.30. The van der Waals surface area contributed by atoms with Crippen LogP contribution in [0.1, 0.15) is 28.8 Å². The Bertz CT molecular complexity index is 559. The number of carbonyl (C=O) groups is 3. The molecule has 7 heteroatoms. The molecule has 1 aromatic rings. The number of nitriles is 1. The fourth-order valence-corrected chi connectivity index (χ4v) is 1.46. The van der Waals surface area contributed by atoms with Gasteiger partial charge in [0.2, 0.25) is 0 Å². The highest BCUT2D eigenvalue weighted by Crippen LogP contribution is 2.05. The zero-order valence-electron chi connectivity index (χ0n) is 10.4. The molecule has 0 aliphatic heterocycles. The normalized spacial score (nSPS) is 11.2. The number of carboxylic acid groups (broad SMARTS) is 2. The first-order chi connectivity index (χ1) is 9.43. The van der Waals surface area contributed by atoms with Crippen molar-refractivity contribution < 1.29 is 24.6 Å². The lowest BCUT2D eigenvalue weighted by atomic mass is 10.1. The summed E-state index contributed by atoms with van der Waals surface area (Å²) < 4.78 is 0. The van der Waals surface area contributed by atoms with Crippen LogP contribution in [-0.4, -0.2) is 34.1 Å². The molecule has 7 nitrogen and oxygen atoms in total. The predicted molar refractivity (Wildman–Crippen MR) is 66.9 cm³/mol. The molecule has 3 N–H and O–H groups in total. The highest BCUT2D eigenvalue weighted by molar-refractivity contribution is 5.96. The molecule has 104 valence electrons. The van der Waals surface area contributed by atoms with E-state index in [1.54, 1.807) is 0 Å². The van der Waals surface area contributed by atoms with Crippen molar-refractivity contribution in [2.24, 2.45) is 0 Å². The molecule has 0 aliphatic rings. The zero-order chi connectivity index (χ0) is 15.1. The summed E-state index contributed by atoms with van der Waals surface area (Å²) in [5.74, 6) is -3.07. The summed E-state index contributed by atoms with van der Waals surface area (Å²) in [5, 5.41) is 28.3. The minimum Gasteiger partial charge on any atom is -0.481 e. The first-order valence-electron chi connectivity index (χ1n) is 5.69. The number of rotatable bonds is 6. The van der Waals surface area contributed by atoms with Crippen molar-refractivity contribution >= 4 is 17.8 Å². The van der Waals surface area contributed by atoms with Gasteiger partial charge in [0.25, 0.3) is 5.91 Å². The van der Waals surface area contributed by atoms with Gasteiger partial charge in [0.1, 0.15) is 6.04 Å². The van der Waals surface area contributed by atoms with Crippen molar-refractivity contribution in [1.29, 1.82) is 5.26 Å². The van der Waals surface area contributed by atoms with Gasteiger partial charge in [-0.2, -0.15) is 5.26 Å². The van der Waals surface area contributed by atoms with E-state index in [-0.39, 0.29) is 18.4 Å². The zero-order valence-corrected chi connectivity index (χ0v) is 10.4. The van der Waals surface area contributed by atoms with E-state index in [2.05, 4.69) is 5.32 Å². The monoisotopic (exact) mass is 276 g/mol. The molecule has 1 rings (SSSR count). The van der Waals surface area contributed by atoms with Gasteiger partial charge in [0.05, 0.1) is 11.6 Å².